The van der Waals surface area contributed by atoms with Gasteiger partial charge >= 0.3 is 5.97 Å². The predicted octanol–water partition coefficient (Wildman–Crippen LogP) is 2.95. The SMILES string of the molecule is COc1ccc(C(=O)O)c(NC(=O)c2cccc(C)c2)c1. The van der Waals surface area contributed by atoms with Gasteiger partial charge in [-0.2, -0.15) is 0 Å². The number of carboxylic acid groups (broad SMARTS) is 1. The second-order valence-electron chi connectivity index (χ2n) is 4.54. The first-order valence-corrected chi connectivity index (χ1v) is 6.30. The number of nitrogens with one attached hydrogen (secondary N) is 1. The van der Waals surface area contributed by atoms with Gasteiger partial charge in [-0.15, -0.1) is 0 Å². The standard InChI is InChI=1S/C16H15NO4/c1-10-4-3-5-11(8-10)15(18)17-14-9-12(21-2)6-7-13(14)16(19)20/h3-9H,1-2H3,(H,17,18)(H,19,20). The summed E-state index contributed by atoms with van der Waals surface area (Å²) in [5, 5.41) is 11.8. The van der Waals surface area contributed by atoms with Gasteiger partial charge in [0.05, 0.1) is 18.4 Å². The average Bonchev–Trinajstić information content (AvgIpc) is 2.46. The zero-order valence-corrected chi connectivity index (χ0v) is 11.7. The number of hydrogen-bond donors (Lipinski definition) is 2. The van der Waals surface area contributed by atoms with Crippen molar-refractivity contribution in [2.24, 2.45) is 0 Å². The molecule has 2 rings (SSSR count). The van der Waals surface area contributed by atoms with Gasteiger partial charge in [-0.05, 0) is 31.2 Å². The number of carbonyl (C=O) groups is 2. The van der Waals surface area contributed by atoms with Crippen molar-refractivity contribution in [1.82, 2.24) is 0 Å². The van der Waals surface area contributed by atoms with Gasteiger partial charge in [0.1, 0.15) is 5.75 Å². The van der Waals surface area contributed by atoms with E-state index < -0.39 is 5.97 Å². The van der Waals surface area contributed by atoms with Gasteiger partial charge in [0.15, 0.2) is 0 Å². The Bertz CT molecular complexity index is 694. The van der Waals surface area contributed by atoms with Crippen molar-refractivity contribution in [3.05, 3.63) is 59.2 Å². The summed E-state index contributed by atoms with van der Waals surface area (Å²) in [6.07, 6.45) is 0. The predicted molar refractivity (Wildman–Crippen MR) is 79.1 cm³/mol. The van der Waals surface area contributed by atoms with Crippen molar-refractivity contribution < 1.29 is 19.4 Å². The molecule has 0 saturated heterocycles. The number of anilines is 1. The first kappa shape index (κ1) is 14.6. The zero-order chi connectivity index (χ0) is 15.4. The van der Waals surface area contributed by atoms with E-state index in [0.717, 1.165) is 5.56 Å². The van der Waals surface area contributed by atoms with Gasteiger partial charge in [-0.25, -0.2) is 4.79 Å². The zero-order valence-electron chi connectivity index (χ0n) is 11.7. The highest BCUT2D eigenvalue weighted by Crippen LogP contribution is 2.23. The lowest BCUT2D eigenvalue weighted by atomic mass is 10.1. The maximum atomic E-state index is 12.2. The first-order chi connectivity index (χ1) is 10.0. The van der Waals surface area contributed by atoms with Crippen molar-refractivity contribution in [2.75, 3.05) is 12.4 Å². The number of aryl methyl sites for hydroxylation is 1. The quantitative estimate of drug-likeness (QED) is 0.905. The van der Waals surface area contributed by atoms with Gasteiger partial charge in [0.25, 0.3) is 5.91 Å². The molecular weight excluding hydrogens is 270 g/mol. The number of carboxylic acids is 1. The second-order valence-corrected chi connectivity index (χ2v) is 4.54. The summed E-state index contributed by atoms with van der Waals surface area (Å²) in [6, 6.07) is 11.5. The van der Waals surface area contributed by atoms with E-state index >= 15 is 0 Å². The van der Waals surface area contributed by atoms with Crippen LogP contribution in [-0.4, -0.2) is 24.1 Å². The number of hydrogen-bond acceptors (Lipinski definition) is 3. The number of benzene rings is 2. The van der Waals surface area contributed by atoms with Crippen LogP contribution in [0.5, 0.6) is 5.75 Å². The van der Waals surface area contributed by atoms with E-state index in [0.29, 0.717) is 11.3 Å². The van der Waals surface area contributed by atoms with Gasteiger partial charge in [0, 0.05) is 11.6 Å². The summed E-state index contributed by atoms with van der Waals surface area (Å²) in [6.45, 7) is 1.88. The Labute approximate surface area is 122 Å². The van der Waals surface area contributed by atoms with Crippen LogP contribution in [0.25, 0.3) is 0 Å². The normalized spacial score (nSPS) is 10.0. The fourth-order valence-corrected chi connectivity index (χ4v) is 1.92. The van der Waals surface area contributed by atoms with Crippen molar-refractivity contribution in [2.45, 2.75) is 6.92 Å². The molecule has 0 spiro atoms. The van der Waals surface area contributed by atoms with Gasteiger partial charge in [-0.1, -0.05) is 17.7 Å². The maximum Gasteiger partial charge on any atom is 0.337 e. The number of carbonyl (C=O) groups excluding carboxylic acids is 1. The lowest BCUT2D eigenvalue weighted by molar-refractivity contribution is 0.0698. The van der Waals surface area contributed by atoms with Crippen molar-refractivity contribution in [1.29, 1.82) is 0 Å². The number of rotatable bonds is 4. The molecule has 5 nitrogen and oxygen atoms in total. The van der Waals surface area contributed by atoms with Crippen LogP contribution in [0.1, 0.15) is 26.3 Å². The Morgan fingerprint density at radius 1 is 1.14 bits per heavy atom. The summed E-state index contributed by atoms with van der Waals surface area (Å²) < 4.78 is 5.05. The Kier molecular flexibility index (Phi) is 4.23. The summed E-state index contributed by atoms with van der Waals surface area (Å²) in [5.74, 6) is -1.01. The highest BCUT2D eigenvalue weighted by molar-refractivity contribution is 6.08. The Hall–Kier alpha value is -2.82. The molecule has 1 amide bonds. The topological polar surface area (TPSA) is 75.6 Å². The van der Waals surface area contributed by atoms with Crippen LogP contribution in [0.4, 0.5) is 5.69 Å². The number of ether oxygens (including phenoxy) is 1. The van der Waals surface area contributed by atoms with Crippen LogP contribution in [-0.2, 0) is 0 Å². The van der Waals surface area contributed by atoms with E-state index in [-0.39, 0.29) is 17.2 Å². The van der Waals surface area contributed by atoms with E-state index in [4.69, 9.17) is 9.84 Å². The van der Waals surface area contributed by atoms with Crippen LogP contribution in [0.2, 0.25) is 0 Å². The lowest BCUT2D eigenvalue weighted by Crippen LogP contribution is -2.15. The number of methoxy groups -OCH3 is 1. The molecule has 0 aromatic heterocycles. The minimum absolute atomic E-state index is 0.0109. The fraction of sp³-hybridized carbons (Fsp3) is 0.125. The molecule has 5 heteroatoms. The first-order valence-electron chi connectivity index (χ1n) is 6.30. The van der Waals surface area contributed by atoms with Crippen LogP contribution in [0, 0.1) is 6.92 Å². The third-order valence-corrected chi connectivity index (χ3v) is 2.99. The lowest BCUT2D eigenvalue weighted by Gasteiger charge is -2.10. The summed E-state index contributed by atoms with van der Waals surface area (Å²) in [4.78, 5) is 23.4. The van der Waals surface area contributed by atoms with Gasteiger partial charge in [0.2, 0.25) is 0 Å². The largest absolute Gasteiger partial charge is 0.497 e. The number of amides is 1. The second kappa shape index (κ2) is 6.09. The molecule has 2 N–H and O–H groups in total. The highest BCUT2D eigenvalue weighted by atomic mass is 16.5. The maximum absolute atomic E-state index is 12.2. The van der Waals surface area contributed by atoms with Crippen molar-refractivity contribution in [3.63, 3.8) is 0 Å². The monoisotopic (exact) mass is 285 g/mol. The molecule has 0 aliphatic heterocycles. The van der Waals surface area contributed by atoms with Crippen molar-refractivity contribution in [3.8, 4) is 5.75 Å². The van der Waals surface area contributed by atoms with E-state index in [2.05, 4.69) is 5.32 Å². The highest BCUT2D eigenvalue weighted by Gasteiger charge is 2.14. The molecule has 2 aromatic carbocycles. The van der Waals surface area contributed by atoms with Crippen LogP contribution in [0.3, 0.4) is 0 Å². The Morgan fingerprint density at radius 3 is 2.52 bits per heavy atom. The van der Waals surface area contributed by atoms with E-state index in [1.807, 2.05) is 13.0 Å². The van der Waals surface area contributed by atoms with Gasteiger partial charge < -0.3 is 15.2 Å². The molecule has 0 radical (unpaired) electrons. The Balaban J connectivity index is 2.33. The molecule has 2 aromatic rings. The van der Waals surface area contributed by atoms with E-state index in [9.17, 15) is 9.59 Å². The molecule has 0 aliphatic carbocycles. The molecule has 0 atom stereocenters. The third-order valence-electron chi connectivity index (χ3n) is 2.99. The van der Waals surface area contributed by atoms with Gasteiger partial charge in [-0.3, -0.25) is 4.79 Å². The number of aromatic carboxylic acids is 1. The third kappa shape index (κ3) is 3.39. The minimum Gasteiger partial charge on any atom is -0.497 e. The van der Waals surface area contributed by atoms with Crippen LogP contribution >= 0.6 is 0 Å². The summed E-state index contributed by atoms with van der Waals surface area (Å²) in [7, 11) is 1.47. The molecule has 0 saturated carbocycles. The molecule has 108 valence electrons. The van der Waals surface area contributed by atoms with Crippen LogP contribution < -0.4 is 10.1 Å². The molecular formula is C16H15NO4. The van der Waals surface area contributed by atoms with Crippen LogP contribution in [0.15, 0.2) is 42.5 Å². The van der Waals surface area contributed by atoms with E-state index in [1.165, 1.54) is 25.3 Å². The minimum atomic E-state index is -1.11. The molecule has 0 aliphatic rings. The molecule has 21 heavy (non-hydrogen) atoms. The average molecular weight is 285 g/mol. The van der Waals surface area contributed by atoms with E-state index in [1.54, 1.807) is 18.2 Å². The fourth-order valence-electron chi connectivity index (χ4n) is 1.92. The Morgan fingerprint density at radius 2 is 1.90 bits per heavy atom. The van der Waals surface area contributed by atoms with Crippen molar-refractivity contribution >= 4 is 17.6 Å². The molecule has 0 unspecified atom stereocenters. The summed E-state index contributed by atoms with van der Waals surface area (Å²) in [5.41, 5.74) is 1.63. The smallest absolute Gasteiger partial charge is 0.337 e. The molecule has 0 bridgehead atoms. The summed E-state index contributed by atoms with van der Waals surface area (Å²) >= 11 is 0. The molecule has 0 heterocycles. The molecule has 0 fully saturated rings.